The second-order valence-electron chi connectivity index (χ2n) is 6.88. The molecule has 0 spiro atoms. The lowest BCUT2D eigenvalue weighted by atomic mass is 10.0. The zero-order chi connectivity index (χ0) is 19.2. The maximum Gasteiger partial charge on any atom is 0.280 e. The van der Waals surface area contributed by atoms with Crippen molar-refractivity contribution in [1.29, 1.82) is 0 Å². The van der Waals surface area contributed by atoms with Crippen LogP contribution in [0.25, 0.3) is 6.08 Å². The molecule has 146 valence electrons. The number of nitro groups is 1. The average Bonchev–Trinajstić information content (AvgIpc) is 3.11. The fourth-order valence-electron chi connectivity index (χ4n) is 3.45. The van der Waals surface area contributed by atoms with Crippen LogP contribution in [0.5, 0.6) is 11.5 Å². The van der Waals surface area contributed by atoms with Crippen LogP contribution < -0.4 is 14.8 Å². The number of nitrogens with zero attached hydrogens (tertiary/aromatic N) is 2. The van der Waals surface area contributed by atoms with Crippen LogP contribution in [0, 0.1) is 10.1 Å². The number of fused-ring (bicyclic) bond motifs is 1. The summed E-state index contributed by atoms with van der Waals surface area (Å²) in [4.78, 5) is 25.2. The van der Waals surface area contributed by atoms with Crippen molar-refractivity contribution in [3.63, 3.8) is 0 Å². The summed E-state index contributed by atoms with van der Waals surface area (Å²) in [7, 11) is 0. The van der Waals surface area contributed by atoms with Gasteiger partial charge >= 0.3 is 0 Å². The molecule has 1 aromatic carbocycles. The van der Waals surface area contributed by atoms with Crippen molar-refractivity contribution >= 4 is 17.7 Å². The number of nitrogens with one attached hydrogen (secondary N) is 1. The van der Waals surface area contributed by atoms with Crippen molar-refractivity contribution in [2.24, 2.45) is 0 Å². The second kappa shape index (κ2) is 8.85. The lowest BCUT2D eigenvalue weighted by molar-refractivity contribution is -0.385. The Bertz CT molecular complexity index is 734. The number of carbonyl (C=O) groups excluding carboxylic acids is 1. The summed E-state index contributed by atoms with van der Waals surface area (Å²) in [6.07, 6.45) is 7.41. The molecule has 8 heteroatoms. The highest BCUT2D eigenvalue weighted by Crippen LogP contribution is 2.38. The Hall–Kier alpha value is -2.61. The van der Waals surface area contributed by atoms with Crippen molar-refractivity contribution in [3.05, 3.63) is 33.9 Å². The number of benzene rings is 1. The fraction of sp³-hybridized carbons (Fsp3) is 0.526. The lowest BCUT2D eigenvalue weighted by Crippen LogP contribution is -2.39. The van der Waals surface area contributed by atoms with Gasteiger partial charge in [0.15, 0.2) is 11.5 Å². The number of hydrogen-bond donors (Lipinski definition) is 1. The van der Waals surface area contributed by atoms with Crippen LogP contribution in [0.2, 0.25) is 0 Å². The highest BCUT2D eigenvalue weighted by molar-refractivity contribution is 5.92. The summed E-state index contributed by atoms with van der Waals surface area (Å²) in [5.41, 5.74) is 0.184. The molecule has 1 atom stereocenters. The van der Waals surface area contributed by atoms with Crippen molar-refractivity contribution in [1.82, 2.24) is 10.2 Å². The van der Waals surface area contributed by atoms with Crippen molar-refractivity contribution in [2.45, 2.75) is 38.6 Å². The Morgan fingerprint density at radius 1 is 1.37 bits per heavy atom. The summed E-state index contributed by atoms with van der Waals surface area (Å²) in [6, 6.07) is 3.45. The standard InChI is InChI=1S/C19H25N3O5/c1-14-5-2-3-9-21(14)10-4-8-20-19(23)7-6-15-11-17-18(27-13-26-17)12-16(15)22(24)25/h6-7,11-12,14H,2-5,8-10,13H2,1H3,(H,20,23)/b7-6+/t14-/m1/s1. The first-order valence-corrected chi connectivity index (χ1v) is 9.32. The third-order valence-corrected chi connectivity index (χ3v) is 4.99. The molecule has 0 aromatic heterocycles. The quantitative estimate of drug-likeness (QED) is 0.341. The van der Waals surface area contributed by atoms with Crippen molar-refractivity contribution < 1.29 is 19.2 Å². The summed E-state index contributed by atoms with van der Waals surface area (Å²) >= 11 is 0. The van der Waals surface area contributed by atoms with E-state index in [1.54, 1.807) is 0 Å². The number of hydrogen-bond acceptors (Lipinski definition) is 6. The molecule has 8 nitrogen and oxygen atoms in total. The maximum absolute atomic E-state index is 12.0. The normalized spacial score (nSPS) is 19.4. The highest BCUT2D eigenvalue weighted by atomic mass is 16.7. The van der Waals surface area contributed by atoms with E-state index < -0.39 is 4.92 Å². The molecule has 0 unspecified atom stereocenters. The van der Waals surface area contributed by atoms with Gasteiger partial charge in [-0.1, -0.05) is 6.42 Å². The molecule has 1 fully saturated rings. The van der Waals surface area contributed by atoms with E-state index in [-0.39, 0.29) is 18.4 Å². The van der Waals surface area contributed by atoms with E-state index >= 15 is 0 Å². The zero-order valence-electron chi connectivity index (χ0n) is 15.5. The summed E-state index contributed by atoms with van der Waals surface area (Å²) < 4.78 is 10.4. The summed E-state index contributed by atoms with van der Waals surface area (Å²) in [6.45, 7) is 4.96. The molecule has 1 amide bonds. The first-order valence-electron chi connectivity index (χ1n) is 9.32. The van der Waals surface area contributed by atoms with Gasteiger partial charge in [-0.25, -0.2) is 0 Å². The van der Waals surface area contributed by atoms with E-state index in [0.29, 0.717) is 29.6 Å². The van der Waals surface area contributed by atoms with E-state index in [0.717, 1.165) is 19.5 Å². The van der Waals surface area contributed by atoms with E-state index in [9.17, 15) is 14.9 Å². The Morgan fingerprint density at radius 2 is 2.15 bits per heavy atom. The minimum Gasteiger partial charge on any atom is -0.454 e. The van der Waals surface area contributed by atoms with Crippen LogP contribution in [0.3, 0.4) is 0 Å². The number of amides is 1. The zero-order valence-corrected chi connectivity index (χ0v) is 15.5. The van der Waals surface area contributed by atoms with E-state index in [1.807, 2.05) is 0 Å². The molecule has 0 bridgehead atoms. The fourth-order valence-corrected chi connectivity index (χ4v) is 3.45. The highest BCUT2D eigenvalue weighted by Gasteiger charge is 2.22. The average molecular weight is 375 g/mol. The van der Waals surface area contributed by atoms with Gasteiger partial charge in [-0.15, -0.1) is 0 Å². The van der Waals surface area contributed by atoms with Crippen LogP contribution in [-0.4, -0.2) is 48.2 Å². The second-order valence-corrected chi connectivity index (χ2v) is 6.88. The minimum absolute atomic E-state index is 0.0375. The molecule has 1 saturated heterocycles. The lowest BCUT2D eigenvalue weighted by Gasteiger charge is -2.33. The monoisotopic (exact) mass is 375 g/mol. The van der Waals surface area contributed by atoms with Crippen LogP contribution in [0.1, 0.15) is 38.2 Å². The topological polar surface area (TPSA) is 93.9 Å². The third-order valence-electron chi connectivity index (χ3n) is 4.99. The predicted molar refractivity (Wildman–Crippen MR) is 101 cm³/mol. The molecule has 2 aliphatic heterocycles. The first-order chi connectivity index (χ1) is 13.0. The van der Waals surface area contributed by atoms with Crippen LogP contribution in [-0.2, 0) is 4.79 Å². The first kappa shape index (κ1) is 19.2. The van der Waals surface area contributed by atoms with E-state index in [1.165, 1.54) is 43.5 Å². The number of carbonyl (C=O) groups is 1. The summed E-state index contributed by atoms with van der Waals surface area (Å²) in [5.74, 6) is 0.514. The molecule has 2 heterocycles. The molecule has 3 rings (SSSR count). The van der Waals surface area contributed by atoms with Crippen LogP contribution in [0.4, 0.5) is 5.69 Å². The molecular weight excluding hydrogens is 350 g/mol. The molecule has 1 aromatic rings. The number of rotatable bonds is 7. The predicted octanol–water partition coefficient (Wildman–Crippen LogP) is 2.72. The third kappa shape index (κ3) is 4.97. The Morgan fingerprint density at radius 3 is 2.89 bits per heavy atom. The van der Waals surface area contributed by atoms with Gasteiger partial charge in [-0.05, 0) is 44.9 Å². The molecule has 2 aliphatic rings. The van der Waals surface area contributed by atoms with Gasteiger partial charge in [-0.2, -0.15) is 0 Å². The molecule has 0 radical (unpaired) electrons. The van der Waals surface area contributed by atoms with Crippen LogP contribution in [0.15, 0.2) is 18.2 Å². The van der Waals surface area contributed by atoms with Gasteiger partial charge in [0.05, 0.1) is 16.6 Å². The molecular formula is C19H25N3O5. The van der Waals surface area contributed by atoms with Gasteiger partial charge in [0.25, 0.3) is 5.69 Å². The minimum atomic E-state index is -0.501. The Labute approximate surface area is 158 Å². The summed E-state index contributed by atoms with van der Waals surface area (Å²) in [5, 5.41) is 14.1. The maximum atomic E-state index is 12.0. The molecule has 0 saturated carbocycles. The number of nitro benzene ring substituents is 1. The van der Waals surface area contributed by atoms with Gasteiger partial charge in [0.2, 0.25) is 12.7 Å². The number of likely N-dealkylation sites (tertiary alicyclic amines) is 1. The molecule has 27 heavy (non-hydrogen) atoms. The van der Waals surface area contributed by atoms with Crippen molar-refractivity contribution in [3.8, 4) is 11.5 Å². The smallest absolute Gasteiger partial charge is 0.280 e. The number of piperidine rings is 1. The number of ether oxygens (including phenoxy) is 2. The van der Waals surface area contributed by atoms with E-state index in [2.05, 4.69) is 17.1 Å². The molecule has 1 N–H and O–H groups in total. The van der Waals surface area contributed by atoms with Gasteiger partial charge in [0.1, 0.15) is 0 Å². The van der Waals surface area contributed by atoms with Gasteiger partial charge in [-0.3, -0.25) is 14.9 Å². The SMILES string of the molecule is C[C@@H]1CCCCN1CCCNC(=O)/C=C/c1cc2c(cc1[N+](=O)[O-])OCO2. The Balaban J connectivity index is 1.50. The van der Waals surface area contributed by atoms with Crippen LogP contribution >= 0.6 is 0 Å². The Kier molecular flexibility index (Phi) is 6.28. The van der Waals surface area contributed by atoms with Gasteiger partial charge in [0, 0.05) is 25.2 Å². The van der Waals surface area contributed by atoms with E-state index in [4.69, 9.17) is 9.47 Å². The largest absolute Gasteiger partial charge is 0.454 e. The van der Waals surface area contributed by atoms with Crippen molar-refractivity contribution in [2.75, 3.05) is 26.4 Å². The molecule has 0 aliphatic carbocycles. The van der Waals surface area contributed by atoms with Gasteiger partial charge < -0.3 is 19.7 Å².